The number of aliphatic hydroxyl groups is 1. The fraction of sp³-hybridized carbons (Fsp3) is 0.400. The van der Waals surface area contributed by atoms with E-state index in [9.17, 15) is 5.11 Å². The van der Waals surface area contributed by atoms with Gasteiger partial charge in [-0.05, 0) is 29.9 Å². The van der Waals surface area contributed by atoms with E-state index < -0.39 is 6.10 Å². The molecule has 0 spiro atoms. The molecule has 0 bridgehead atoms. The van der Waals surface area contributed by atoms with Gasteiger partial charge in [0.1, 0.15) is 0 Å². The van der Waals surface area contributed by atoms with Gasteiger partial charge in [0.25, 0.3) is 0 Å². The van der Waals surface area contributed by atoms with Crippen LogP contribution in [0, 0.1) is 5.92 Å². The maximum Gasteiger partial charge on any atom is 0.0914 e. The minimum atomic E-state index is -0.452. The van der Waals surface area contributed by atoms with E-state index in [0.29, 0.717) is 18.5 Å². The SMILES string of the molecule is CC(C)C[C@H](Cc1ccccc1)NC[C@H](O)c1ccccc1. The first-order chi connectivity index (χ1) is 10.6. The lowest BCUT2D eigenvalue weighted by Gasteiger charge is -2.23. The Morgan fingerprint density at radius 1 is 0.909 bits per heavy atom. The summed E-state index contributed by atoms with van der Waals surface area (Å²) in [7, 11) is 0. The van der Waals surface area contributed by atoms with E-state index >= 15 is 0 Å². The van der Waals surface area contributed by atoms with Crippen molar-refractivity contribution < 1.29 is 5.11 Å². The normalized spacial score (nSPS) is 14.0. The van der Waals surface area contributed by atoms with Gasteiger partial charge in [-0.1, -0.05) is 74.5 Å². The zero-order valence-electron chi connectivity index (χ0n) is 13.6. The van der Waals surface area contributed by atoms with Crippen LogP contribution in [0.25, 0.3) is 0 Å². The predicted molar refractivity (Wildman–Crippen MR) is 92.8 cm³/mol. The molecular weight excluding hydrogens is 270 g/mol. The van der Waals surface area contributed by atoms with Gasteiger partial charge in [0.15, 0.2) is 0 Å². The molecule has 0 radical (unpaired) electrons. The molecule has 0 amide bonds. The summed E-state index contributed by atoms with van der Waals surface area (Å²) in [6.45, 7) is 5.08. The van der Waals surface area contributed by atoms with Crippen LogP contribution >= 0.6 is 0 Å². The van der Waals surface area contributed by atoms with Crippen molar-refractivity contribution in [1.29, 1.82) is 0 Å². The Morgan fingerprint density at radius 2 is 1.50 bits per heavy atom. The predicted octanol–water partition coefficient (Wildman–Crippen LogP) is 3.97. The van der Waals surface area contributed by atoms with Gasteiger partial charge in [-0.25, -0.2) is 0 Å². The number of nitrogens with one attached hydrogen (secondary N) is 1. The topological polar surface area (TPSA) is 32.3 Å². The van der Waals surface area contributed by atoms with Crippen LogP contribution in [0.5, 0.6) is 0 Å². The molecule has 0 aromatic heterocycles. The molecular formula is C20H27NO. The first kappa shape index (κ1) is 16.7. The van der Waals surface area contributed by atoms with Gasteiger partial charge >= 0.3 is 0 Å². The van der Waals surface area contributed by atoms with Crippen molar-refractivity contribution in [2.24, 2.45) is 5.92 Å². The molecule has 2 aromatic carbocycles. The Balaban J connectivity index is 1.92. The van der Waals surface area contributed by atoms with E-state index in [2.05, 4.69) is 43.4 Å². The van der Waals surface area contributed by atoms with Crippen molar-refractivity contribution in [3.8, 4) is 0 Å². The lowest BCUT2D eigenvalue weighted by atomic mass is 9.97. The monoisotopic (exact) mass is 297 g/mol. The van der Waals surface area contributed by atoms with Crippen molar-refractivity contribution in [3.63, 3.8) is 0 Å². The molecule has 0 heterocycles. The summed E-state index contributed by atoms with van der Waals surface area (Å²) in [5.74, 6) is 0.634. The average Bonchev–Trinajstić information content (AvgIpc) is 2.53. The largest absolute Gasteiger partial charge is 0.387 e. The van der Waals surface area contributed by atoms with Crippen molar-refractivity contribution in [2.75, 3.05) is 6.54 Å². The van der Waals surface area contributed by atoms with Crippen molar-refractivity contribution >= 4 is 0 Å². The summed E-state index contributed by atoms with van der Waals surface area (Å²) < 4.78 is 0. The van der Waals surface area contributed by atoms with Crippen molar-refractivity contribution in [3.05, 3.63) is 71.8 Å². The van der Waals surface area contributed by atoms with E-state index in [4.69, 9.17) is 0 Å². The fourth-order valence-electron chi connectivity index (χ4n) is 2.78. The summed E-state index contributed by atoms with van der Waals surface area (Å²) in [6.07, 6.45) is 1.66. The van der Waals surface area contributed by atoms with Crippen LogP contribution in [0.1, 0.15) is 37.5 Å². The molecule has 0 aliphatic carbocycles. The summed E-state index contributed by atoms with van der Waals surface area (Å²) >= 11 is 0. The molecule has 2 nitrogen and oxygen atoms in total. The molecule has 2 heteroatoms. The number of hydrogen-bond acceptors (Lipinski definition) is 2. The first-order valence-corrected chi connectivity index (χ1v) is 8.15. The van der Waals surface area contributed by atoms with Gasteiger partial charge in [0.2, 0.25) is 0 Å². The van der Waals surface area contributed by atoms with E-state index in [1.165, 1.54) is 5.56 Å². The molecule has 0 aliphatic heterocycles. The highest BCUT2D eigenvalue weighted by atomic mass is 16.3. The second-order valence-electron chi connectivity index (χ2n) is 6.35. The standard InChI is InChI=1S/C20H27NO/c1-16(2)13-19(14-17-9-5-3-6-10-17)21-15-20(22)18-11-7-4-8-12-18/h3-12,16,19-22H,13-15H2,1-2H3/t19-,20+/m1/s1. The van der Waals surface area contributed by atoms with Crippen LogP contribution in [0.15, 0.2) is 60.7 Å². The smallest absolute Gasteiger partial charge is 0.0914 e. The second-order valence-corrected chi connectivity index (χ2v) is 6.35. The maximum absolute atomic E-state index is 10.3. The molecule has 0 saturated carbocycles. The number of benzene rings is 2. The van der Waals surface area contributed by atoms with Gasteiger partial charge in [0.05, 0.1) is 6.10 Å². The molecule has 2 aromatic rings. The third-order valence-corrected chi connectivity index (χ3v) is 3.87. The first-order valence-electron chi connectivity index (χ1n) is 8.15. The average molecular weight is 297 g/mol. The minimum absolute atomic E-state index is 0.390. The quantitative estimate of drug-likeness (QED) is 0.773. The summed E-state index contributed by atoms with van der Waals surface area (Å²) in [4.78, 5) is 0. The lowest BCUT2D eigenvalue weighted by molar-refractivity contribution is 0.167. The Hall–Kier alpha value is -1.64. The van der Waals surface area contributed by atoms with E-state index in [1.54, 1.807) is 0 Å². The highest BCUT2D eigenvalue weighted by Gasteiger charge is 2.14. The second kappa shape index (κ2) is 8.72. The van der Waals surface area contributed by atoms with E-state index in [0.717, 1.165) is 18.4 Å². The number of aliphatic hydroxyl groups excluding tert-OH is 1. The molecule has 2 N–H and O–H groups in total. The molecule has 118 valence electrons. The molecule has 0 aliphatic rings. The molecule has 2 atom stereocenters. The summed E-state index contributed by atoms with van der Waals surface area (Å²) in [6, 6.07) is 20.8. The zero-order valence-corrected chi connectivity index (χ0v) is 13.6. The molecule has 0 saturated heterocycles. The highest BCUT2D eigenvalue weighted by molar-refractivity contribution is 5.18. The van der Waals surface area contributed by atoms with E-state index in [1.807, 2.05) is 36.4 Å². The van der Waals surface area contributed by atoms with Crippen molar-refractivity contribution in [1.82, 2.24) is 5.32 Å². The van der Waals surface area contributed by atoms with Crippen molar-refractivity contribution in [2.45, 2.75) is 38.8 Å². The Bertz CT molecular complexity index is 524. The summed E-state index contributed by atoms with van der Waals surface area (Å²) in [5, 5.41) is 13.9. The van der Waals surface area contributed by atoms with Gasteiger partial charge in [-0.15, -0.1) is 0 Å². The van der Waals surface area contributed by atoms with Crippen LogP contribution < -0.4 is 5.32 Å². The zero-order chi connectivity index (χ0) is 15.8. The molecule has 22 heavy (non-hydrogen) atoms. The van der Waals surface area contributed by atoms with Crippen LogP contribution in [0.4, 0.5) is 0 Å². The lowest BCUT2D eigenvalue weighted by Crippen LogP contribution is -2.35. The van der Waals surface area contributed by atoms with Crippen LogP contribution in [-0.2, 0) is 6.42 Å². The van der Waals surface area contributed by atoms with Crippen LogP contribution in [0.2, 0.25) is 0 Å². The van der Waals surface area contributed by atoms with Gasteiger partial charge in [-0.3, -0.25) is 0 Å². The summed E-state index contributed by atoms with van der Waals surface area (Å²) in [5.41, 5.74) is 2.31. The minimum Gasteiger partial charge on any atom is -0.387 e. The van der Waals surface area contributed by atoms with Crippen LogP contribution in [0.3, 0.4) is 0 Å². The van der Waals surface area contributed by atoms with Gasteiger partial charge < -0.3 is 10.4 Å². The molecule has 0 fully saturated rings. The third-order valence-electron chi connectivity index (χ3n) is 3.87. The molecule has 2 rings (SSSR count). The number of rotatable bonds is 8. The third kappa shape index (κ3) is 5.63. The number of hydrogen-bond donors (Lipinski definition) is 2. The van der Waals surface area contributed by atoms with Gasteiger partial charge in [-0.2, -0.15) is 0 Å². The fourth-order valence-corrected chi connectivity index (χ4v) is 2.78. The Labute approximate surface area is 134 Å². The van der Waals surface area contributed by atoms with E-state index in [-0.39, 0.29) is 0 Å². The van der Waals surface area contributed by atoms with Crippen LogP contribution in [-0.4, -0.2) is 17.7 Å². The highest BCUT2D eigenvalue weighted by Crippen LogP contribution is 2.14. The Kier molecular flexibility index (Phi) is 6.63. The Morgan fingerprint density at radius 3 is 2.09 bits per heavy atom. The van der Waals surface area contributed by atoms with Gasteiger partial charge in [0, 0.05) is 12.6 Å². The maximum atomic E-state index is 10.3. The molecule has 0 unspecified atom stereocenters.